The lowest BCUT2D eigenvalue weighted by molar-refractivity contribution is -0.136. The van der Waals surface area contributed by atoms with Gasteiger partial charge in [-0.25, -0.2) is 0 Å². The zero-order valence-electron chi connectivity index (χ0n) is 13.6. The van der Waals surface area contributed by atoms with Crippen LogP contribution in [0.4, 0.5) is 0 Å². The summed E-state index contributed by atoms with van der Waals surface area (Å²) < 4.78 is 6.07. The van der Waals surface area contributed by atoms with Crippen LogP contribution < -0.4 is 0 Å². The molecule has 1 unspecified atom stereocenters. The van der Waals surface area contributed by atoms with Gasteiger partial charge in [0, 0.05) is 0 Å². The van der Waals surface area contributed by atoms with E-state index in [-0.39, 0.29) is 12.5 Å². The van der Waals surface area contributed by atoms with Crippen molar-refractivity contribution in [3.63, 3.8) is 0 Å². The van der Waals surface area contributed by atoms with E-state index in [1.807, 2.05) is 6.08 Å². The number of hydrogen-bond acceptors (Lipinski definition) is 3. The molecule has 0 spiro atoms. The second-order valence-electron chi connectivity index (χ2n) is 6.56. The van der Waals surface area contributed by atoms with Crippen molar-refractivity contribution in [3.8, 4) is 0 Å². The molecule has 0 aliphatic carbocycles. The summed E-state index contributed by atoms with van der Waals surface area (Å²) in [6, 6.07) is 0. The van der Waals surface area contributed by atoms with Gasteiger partial charge in [0.1, 0.15) is 0 Å². The topological polar surface area (TPSA) is 66.8 Å². The van der Waals surface area contributed by atoms with E-state index < -0.39 is 5.97 Å². The van der Waals surface area contributed by atoms with Gasteiger partial charge in [-0.2, -0.15) is 0 Å². The predicted molar refractivity (Wildman–Crippen MR) is 90.1 cm³/mol. The summed E-state index contributed by atoms with van der Waals surface area (Å²) in [6.45, 7) is 3.67. The number of carboxylic acid groups (broad SMARTS) is 1. The minimum Gasteiger partial charge on any atom is -0.481 e. The third kappa shape index (κ3) is 5.33. The van der Waals surface area contributed by atoms with Crippen molar-refractivity contribution < 1.29 is 19.7 Å². The standard InChI is InChI=1S/C19H28O4/c1-2-7-14(20)10-11-16-15(17-12-13-18(16)23-17)8-5-3-4-6-9-19(21)22/h2-6,14-18,20H,1,7-13H2,(H,21,22)/t14?,15-,16+,17-,18+/m0/s1. The van der Waals surface area contributed by atoms with Crippen molar-refractivity contribution in [2.45, 2.75) is 63.3 Å². The van der Waals surface area contributed by atoms with Gasteiger partial charge in [0.05, 0.1) is 24.7 Å². The fourth-order valence-corrected chi connectivity index (χ4v) is 3.85. The largest absolute Gasteiger partial charge is 0.481 e. The number of allylic oxidation sites excluding steroid dienone is 3. The van der Waals surface area contributed by atoms with Crippen molar-refractivity contribution in [1.82, 2.24) is 0 Å². The molecule has 0 amide bonds. The number of ether oxygens (including phenoxy) is 1. The van der Waals surface area contributed by atoms with Crippen molar-refractivity contribution in [2.75, 3.05) is 0 Å². The Bertz CT molecular complexity index is 454. The normalized spacial score (nSPS) is 31.2. The lowest BCUT2D eigenvalue weighted by Gasteiger charge is -2.27. The summed E-state index contributed by atoms with van der Waals surface area (Å²) in [5, 5.41) is 18.5. The van der Waals surface area contributed by atoms with Crippen molar-refractivity contribution in [1.29, 1.82) is 0 Å². The van der Waals surface area contributed by atoms with E-state index in [9.17, 15) is 9.90 Å². The van der Waals surface area contributed by atoms with E-state index in [0.29, 0.717) is 30.5 Å². The van der Waals surface area contributed by atoms with Gasteiger partial charge >= 0.3 is 5.97 Å². The van der Waals surface area contributed by atoms with E-state index in [2.05, 4.69) is 12.7 Å². The highest BCUT2D eigenvalue weighted by Crippen LogP contribution is 2.47. The number of hydrogen-bond donors (Lipinski definition) is 2. The van der Waals surface area contributed by atoms with Crippen LogP contribution >= 0.6 is 0 Å². The van der Waals surface area contributed by atoms with Crippen LogP contribution in [-0.4, -0.2) is 34.5 Å². The minimum absolute atomic E-state index is 0.0609. The third-order valence-corrected chi connectivity index (χ3v) is 4.95. The first-order valence-electron chi connectivity index (χ1n) is 8.59. The average Bonchev–Trinajstić information content (AvgIpc) is 3.10. The highest BCUT2D eigenvalue weighted by molar-refractivity contribution is 5.68. The highest BCUT2D eigenvalue weighted by Gasteiger charge is 2.47. The summed E-state index contributed by atoms with van der Waals surface area (Å²) >= 11 is 0. The van der Waals surface area contributed by atoms with Crippen LogP contribution in [0.1, 0.15) is 44.9 Å². The number of aliphatic hydroxyl groups excluding tert-OH is 1. The first-order valence-corrected chi connectivity index (χ1v) is 8.59. The second kappa shape index (κ2) is 9.04. The molecule has 2 saturated heterocycles. The maximum atomic E-state index is 10.4. The van der Waals surface area contributed by atoms with Crippen molar-refractivity contribution >= 4 is 5.97 Å². The van der Waals surface area contributed by atoms with E-state index in [1.54, 1.807) is 18.2 Å². The van der Waals surface area contributed by atoms with Gasteiger partial charge < -0.3 is 14.9 Å². The molecule has 4 heteroatoms. The lowest BCUT2D eigenvalue weighted by Crippen LogP contribution is -2.27. The summed E-state index contributed by atoms with van der Waals surface area (Å²) in [4.78, 5) is 10.4. The molecule has 0 saturated carbocycles. The number of fused-ring (bicyclic) bond motifs is 2. The zero-order chi connectivity index (χ0) is 16.7. The van der Waals surface area contributed by atoms with Gasteiger partial charge in [-0.05, 0) is 50.4 Å². The summed E-state index contributed by atoms with van der Waals surface area (Å²) in [5.74, 6) is 0.240. The van der Waals surface area contributed by atoms with Crippen LogP contribution in [0.25, 0.3) is 0 Å². The first-order chi connectivity index (χ1) is 11.1. The Morgan fingerprint density at radius 2 is 1.91 bits per heavy atom. The quantitative estimate of drug-likeness (QED) is 0.478. The molecule has 0 aromatic heterocycles. The summed E-state index contributed by atoms with van der Waals surface area (Å²) in [6.07, 6.45) is 15.5. The predicted octanol–water partition coefficient (Wildman–Crippen LogP) is 3.47. The molecule has 2 N–H and O–H groups in total. The molecule has 2 rings (SSSR count). The molecule has 23 heavy (non-hydrogen) atoms. The van der Waals surface area contributed by atoms with E-state index in [4.69, 9.17) is 9.84 Å². The van der Waals surface area contributed by atoms with Crippen LogP contribution in [0.5, 0.6) is 0 Å². The molecule has 0 aromatic carbocycles. The van der Waals surface area contributed by atoms with Gasteiger partial charge in [-0.1, -0.05) is 30.4 Å². The maximum Gasteiger partial charge on any atom is 0.307 e. The smallest absolute Gasteiger partial charge is 0.307 e. The molecule has 2 heterocycles. The highest BCUT2D eigenvalue weighted by atomic mass is 16.5. The molecule has 128 valence electrons. The second-order valence-corrected chi connectivity index (χ2v) is 6.56. The fourth-order valence-electron chi connectivity index (χ4n) is 3.85. The lowest BCUT2D eigenvalue weighted by atomic mass is 9.75. The number of aliphatic carboxylic acids is 1. The number of carbonyl (C=O) groups is 1. The van der Waals surface area contributed by atoms with Gasteiger partial charge in [-0.15, -0.1) is 6.58 Å². The van der Waals surface area contributed by atoms with Crippen LogP contribution in [0.2, 0.25) is 0 Å². The number of rotatable bonds is 10. The van der Waals surface area contributed by atoms with Gasteiger partial charge in [0.25, 0.3) is 0 Å². The molecular weight excluding hydrogens is 292 g/mol. The molecule has 5 atom stereocenters. The summed E-state index contributed by atoms with van der Waals surface area (Å²) in [5.41, 5.74) is 0. The van der Waals surface area contributed by atoms with Gasteiger partial charge in [0.2, 0.25) is 0 Å². The first kappa shape index (κ1) is 18.0. The van der Waals surface area contributed by atoms with Crippen LogP contribution in [0.3, 0.4) is 0 Å². The number of carboxylic acids is 1. The van der Waals surface area contributed by atoms with Crippen LogP contribution in [0.15, 0.2) is 37.0 Å². The van der Waals surface area contributed by atoms with Crippen molar-refractivity contribution in [2.24, 2.45) is 11.8 Å². The Hall–Kier alpha value is -1.39. The maximum absolute atomic E-state index is 10.4. The van der Waals surface area contributed by atoms with Gasteiger partial charge in [-0.3, -0.25) is 4.79 Å². The molecule has 2 bridgehead atoms. The van der Waals surface area contributed by atoms with E-state index in [1.165, 1.54) is 0 Å². The Morgan fingerprint density at radius 1 is 1.22 bits per heavy atom. The molecule has 4 nitrogen and oxygen atoms in total. The average molecular weight is 320 g/mol. The zero-order valence-corrected chi connectivity index (χ0v) is 13.6. The van der Waals surface area contributed by atoms with E-state index >= 15 is 0 Å². The number of aliphatic hydroxyl groups is 1. The van der Waals surface area contributed by atoms with Gasteiger partial charge in [0.15, 0.2) is 0 Å². The Balaban J connectivity index is 1.81. The molecule has 2 fully saturated rings. The van der Waals surface area contributed by atoms with E-state index in [0.717, 1.165) is 32.1 Å². The molecule has 2 aliphatic heterocycles. The van der Waals surface area contributed by atoms with Crippen molar-refractivity contribution in [3.05, 3.63) is 37.0 Å². The Labute approximate surface area is 138 Å². The van der Waals surface area contributed by atoms with Crippen LogP contribution in [-0.2, 0) is 9.53 Å². The molecular formula is C19H28O4. The Morgan fingerprint density at radius 3 is 2.61 bits per heavy atom. The molecule has 0 radical (unpaired) electrons. The SMILES string of the molecule is C=CCC(O)CC[C@@H]1[C@H](CC=CC=CCC(=O)O)[C@@H]2CC[C@H]1O2. The minimum atomic E-state index is -0.811. The summed E-state index contributed by atoms with van der Waals surface area (Å²) in [7, 11) is 0. The van der Waals surface area contributed by atoms with Crippen LogP contribution in [0, 0.1) is 11.8 Å². The molecule has 2 aliphatic rings. The third-order valence-electron chi connectivity index (χ3n) is 4.95. The Kier molecular flexibility index (Phi) is 7.06. The molecule has 0 aromatic rings. The fraction of sp³-hybridized carbons (Fsp3) is 0.632. The monoisotopic (exact) mass is 320 g/mol.